The molecule has 1 aromatic heterocycles. The van der Waals surface area contributed by atoms with Crippen molar-refractivity contribution in [1.82, 2.24) is 15.2 Å². The topological polar surface area (TPSA) is 62.2 Å². The Morgan fingerprint density at radius 3 is 2.55 bits per heavy atom. The summed E-state index contributed by atoms with van der Waals surface area (Å²) in [4.78, 5) is 13.6. The van der Waals surface area contributed by atoms with Crippen LogP contribution in [0, 0.1) is 0 Å². The summed E-state index contributed by atoms with van der Waals surface area (Å²) in [5.41, 5.74) is 3.70. The fraction of sp³-hybridized carbons (Fsp3) is 0.455. The Balaban J connectivity index is 1.79. The molecule has 3 rings (SSSR count). The third-order valence-corrected chi connectivity index (χ3v) is 5.03. The summed E-state index contributed by atoms with van der Waals surface area (Å²) in [7, 11) is 7.34. The number of hydrogen-bond acceptors (Lipinski definition) is 5. The van der Waals surface area contributed by atoms with E-state index in [9.17, 15) is 0 Å². The maximum Gasteiger partial charge on any atom is 0.194 e. The molecule has 0 radical (unpaired) electrons. The second-order valence-corrected chi connectivity index (χ2v) is 7.23. The number of rotatable bonds is 6. The molecule has 0 bridgehead atoms. The molecule has 0 amide bonds. The lowest BCUT2D eigenvalue weighted by molar-refractivity contribution is 0.346. The fourth-order valence-corrected chi connectivity index (χ4v) is 3.46. The molecule has 0 unspecified atom stereocenters. The molecular formula is C22H31N5O2. The van der Waals surface area contributed by atoms with Gasteiger partial charge in [0.1, 0.15) is 5.82 Å². The van der Waals surface area contributed by atoms with Crippen molar-refractivity contribution in [2.45, 2.75) is 26.4 Å². The van der Waals surface area contributed by atoms with E-state index < -0.39 is 0 Å². The highest BCUT2D eigenvalue weighted by Crippen LogP contribution is 2.33. The van der Waals surface area contributed by atoms with Crippen LogP contribution in [0.2, 0.25) is 0 Å². The third kappa shape index (κ3) is 4.91. The van der Waals surface area contributed by atoms with Crippen molar-refractivity contribution in [2.24, 2.45) is 4.99 Å². The van der Waals surface area contributed by atoms with Gasteiger partial charge in [0.25, 0.3) is 0 Å². The van der Waals surface area contributed by atoms with Crippen molar-refractivity contribution in [3.8, 4) is 11.5 Å². The SMILES string of the molecule is CCNC(=NCc1ccnc(N(C)C)c1)N1CCc2cc(OC)c(OC)cc2C1. The molecule has 0 atom stereocenters. The molecule has 1 aliphatic heterocycles. The van der Waals surface area contributed by atoms with E-state index in [1.165, 1.54) is 11.1 Å². The van der Waals surface area contributed by atoms with Crippen LogP contribution < -0.4 is 19.7 Å². The highest BCUT2D eigenvalue weighted by Gasteiger charge is 2.21. The van der Waals surface area contributed by atoms with Crippen molar-refractivity contribution >= 4 is 11.8 Å². The quantitative estimate of drug-likeness (QED) is 0.597. The second-order valence-electron chi connectivity index (χ2n) is 7.23. The van der Waals surface area contributed by atoms with Crippen LogP contribution in [0.4, 0.5) is 5.82 Å². The van der Waals surface area contributed by atoms with Gasteiger partial charge in [-0.3, -0.25) is 0 Å². The number of methoxy groups -OCH3 is 2. The molecule has 2 aromatic rings. The van der Waals surface area contributed by atoms with Crippen molar-refractivity contribution in [1.29, 1.82) is 0 Å². The Kier molecular flexibility index (Phi) is 6.80. The minimum Gasteiger partial charge on any atom is -0.493 e. The smallest absolute Gasteiger partial charge is 0.194 e. The zero-order chi connectivity index (χ0) is 20.8. The molecule has 7 nitrogen and oxygen atoms in total. The van der Waals surface area contributed by atoms with Gasteiger partial charge in [-0.25, -0.2) is 9.98 Å². The summed E-state index contributed by atoms with van der Waals surface area (Å²) < 4.78 is 10.9. The van der Waals surface area contributed by atoms with Crippen LogP contribution in [0.3, 0.4) is 0 Å². The average Bonchev–Trinajstić information content (AvgIpc) is 2.75. The molecule has 1 aliphatic rings. The van der Waals surface area contributed by atoms with Crippen LogP contribution in [-0.4, -0.2) is 57.2 Å². The number of hydrogen-bond donors (Lipinski definition) is 1. The molecule has 1 N–H and O–H groups in total. The van der Waals surface area contributed by atoms with Crippen LogP contribution in [-0.2, 0) is 19.5 Å². The number of ether oxygens (including phenoxy) is 2. The van der Waals surface area contributed by atoms with E-state index in [4.69, 9.17) is 14.5 Å². The van der Waals surface area contributed by atoms with Gasteiger partial charge in [-0.1, -0.05) is 0 Å². The van der Waals surface area contributed by atoms with E-state index in [-0.39, 0.29) is 0 Å². The zero-order valence-corrected chi connectivity index (χ0v) is 18.0. The third-order valence-electron chi connectivity index (χ3n) is 5.03. The molecule has 0 spiro atoms. The van der Waals surface area contributed by atoms with E-state index in [0.717, 1.165) is 54.9 Å². The minimum atomic E-state index is 0.612. The Hall–Kier alpha value is -2.96. The fourth-order valence-electron chi connectivity index (χ4n) is 3.46. The summed E-state index contributed by atoms with van der Waals surface area (Å²) in [6.45, 7) is 5.24. The van der Waals surface area contributed by atoms with E-state index >= 15 is 0 Å². The molecule has 156 valence electrons. The van der Waals surface area contributed by atoms with E-state index in [1.807, 2.05) is 31.3 Å². The van der Waals surface area contributed by atoms with Gasteiger partial charge in [-0.2, -0.15) is 0 Å². The summed E-state index contributed by atoms with van der Waals surface area (Å²) in [6, 6.07) is 8.27. The molecule has 0 saturated heterocycles. The first-order valence-corrected chi connectivity index (χ1v) is 9.95. The van der Waals surface area contributed by atoms with E-state index in [2.05, 4.69) is 40.3 Å². The Morgan fingerprint density at radius 1 is 1.17 bits per heavy atom. The highest BCUT2D eigenvalue weighted by atomic mass is 16.5. The second kappa shape index (κ2) is 9.49. The van der Waals surface area contributed by atoms with Gasteiger partial charge in [-0.15, -0.1) is 0 Å². The van der Waals surface area contributed by atoms with Crippen LogP contribution in [0.15, 0.2) is 35.5 Å². The lowest BCUT2D eigenvalue weighted by Gasteiger charge is -2.32. The number of aliphatic imine (C=N–C) groups is 1. The van der Waals surface area contributed by atoms with Crippen molar-refractivity contribution in [3.63, 3.8) is 0 Å². The first-order chi connectivity index (χ1) is 14.0. The molecule has 0 saturated carbocycles. The average molecular weight is 398 g/mol. The predicted molar refractivity (Wildman–Crippen MR) is 117 cm³/mol. The van der Waals surface area contributed by atoms with Crippen LogP contribution >= 0.6 is 0 Å². The number of guanidine groups is 1. The molecule has 2 heterocycles. The van der Waals surface area contributed by atoms with Crippen molar-refractivity contribution < 1.29 is 9.47 Å². The monoisotopic (exact) mass is 397 g/mol. The number of fused-ring (bicyclic) bond motifs is 1. The first-order valence-electron chi connectivity index (χ1n) is 9.95. The lowest BCUT2D eigenvalue weighted by atomic mass is 9.99. The van der Waals surface area contributed by atoms with Crippen LogP contribution in [0.1, 0.15) is 23.6 Å². The molecular weight excluding hydrogens is 366 g/mol. The number of nitrogens with zero attached hydrogens (tertiary/aromatic N) is 4. The molecule has 0 fully saturated rings. The van der Waals surface area contributed by atoms with Crippen LogP contribution in [0.25, 0.3) is 0 Å². The van der Waals surface area contributed by atoms with E-state index in [0.29, 0.717) is 6.54 Å². The molecule has 1 aromatic carbocycles. The molecule has 29 heavy (non-hydrogen) atoms. The van der Waals surface area contributed by atoms with Gasteiger partial charge in [0, 0.05) is 39.9 Å². The van der Waals surface area contributed by atoms with Gasteiger partial charge in [0.15, 0.2) is 17.5 Å². The number of anilines is 1. The largest absolute Gasteiger partial charge is 0.493 e. The predicted octanol–water partition coefficient (Wildman–Crippen LogP) is 2.69. The summed E-state index contributed by atoms with van der Waals surface area (Å²) in [5, 5.41) is 3.44. The first kappa shape index (κ1) is 20.8. The van der Waals surface area contributed by atoms with Crippen molar-refractivity contribution in [2.75, 3.05) is 46.3 Å². The zero-order valence-electron chi connectivity index (χ0n) is 18.0. The van der Waals surface area contributed by atoms with E-state index in [1.54, 1.807) is 14.2 Å². The Labute approximate surface area is 173 Å². The van der Waals surface area contributed by atoms with Gasteiger partial charge < -0.3 is 24.6 Å². The molecule has 0 aliphatic carbocycles. The maximum absolute atomic E-state index is 5.48. The highest BCUT2D eigenvalue weighted by molar-refractivity contribution is 5.80. The Bertz CT molecular complexity index is 866. The van der Waals surface area contributed by atoms with Crippen molar-refractivity contribution in [3.05, 3.63) is 47.2 Å². The summed E-state index contributed by atoms with van der Waals surface area (Å²) in [6.07, 6.45) is 2.78. The van der Waals surface area contributed by atoms with Gasteiger partial charge in [-0.05, 0) is 54.3 Å². The summed E-state index contributed by atoms with van der Waals surface area (Å²) >= 11 is 0. The minimum absolute atomic E-state index is 0.612. The lowest BCUT2D eigenvalue weighted by Crippen LogP contribution is -2.44. The number of aromatic nitrogens is 1. The number of nitrogens with one attached hydrogen (secondary N) is 1. The summed E-state index contributed by atoms with van der Waals surface area (Å²) in [5.74, 6) is 3.42. The number of benzene rings is 1. The molecule has 7 heteroatoms. The van der Waals surface area contributed by atoms with Crippen LogP contribution in [0.5, 0.6) is 11.5 Å². The Morgan fingerprint density at radius 2 is 1.90 bits per heavy atom. The normalized spacial score (nSPS) is 13.7. The van der Waals surface area contributed by atoms with Gasteiger partial charge in [0.2, 0.25) is 0 Å². The standard InChI is InChI=1S/C22H31N5O2/c1-6-23-22(25-14-16-7-9-24-21(11-16)26(2)3)27-10-8-17-12-19(28-4)20(29-5)13-18(17)15-27/h7,9,11-13H,6,8,10,14-15H2,1-5H3,(H,23,25). The van der Waals surface area contributed by atoms with Gasteiger partial charge >= 0.3 is 0 Å². The maximum atomic E-state index is 5.48. The number of pyridine rings is 1. The van der Waals surface area contributed by atoms with Gasteiger partial charge in [0.05, 0.1) is 20.8 Å².